The molecule has 0 saturated heterocycles. The Kier molecular flexibility index (Phi) is 3.97. The molecule has 3 rings (SSSR count). The van der Waals surface area contributed by atoms with Gasteiger partial charge in [0.25, 0.3) is 0 Å². The summed E-state index contributed by atoms with van der Waals surface area (Å²) in [4.78, 5) is 0. The van der Waals surface area contributed by atoms with E-state index in [1.54, 1.807) is 6.07 Å². The Morgan fingerprint density at radius 1 is 1.19 bits per heavy atom. The fourth-order valence-electron chi connectivity index (χ4n) is 2.65. The van der Waals surface area contributed by atoms with Crippen molar-refractivity contribution in [3.05, 3.63) is 71.8 Å². The van der Waals surface area contributed by atoms with Crippen molar-refractivity contribution in [1.82, 2.24) is 14.9 Å². The van der Waals surface area contributed by atoms with Gasteiger partial charge in [0.05, 0.1) is 11.7 Å². The van der Waals surface area contributed by atoms with Crippen LogP contribution in [0.3, 0.4) is 0 Å². The number of pyridine rings is 1. The largest absolute Gasteiger partial charge is 0.310 e. The van der Waals surface area contributed by atoms with Crippen molar-refractivity contribution in [2.75, 3.05) is 6.54 Å². The van der Waals surface area contributed by atoms with Crippen LogP contribution in [0.25, 0.3) is 5.52 Å². The average molecular weight is 283 g/mol. The van der Waals surface area contributed by atoms with E-state index >= 15 is 0 Å². The van der Waals surface area contributed by atoms with Crippen molar-refractivity contribution >= 4 is 5.52 Å². The maximum Gasteiger partial charge on any atom is 0.126 e. The number of hydrogen-bond donors (Lipinski definition) is 1. The van der Waals surface area contributed by atoms with Gasteiger partial charge in [-0.3, -0.25) is 0 Å². The van der Waals surface area contributed by atoms with Gasteiger partial charge in [-0.1, -0.05) is 31.2 Å². The minimum atomic E-state index is -0.156. The van der Waals surface area contributed by atoms with Crippen LogP contribution in [-0.2, 0) is 6.42 Å². The van der Waals surface area contributed by atoms with Crippen LogP contribution < -0.4 is 5.32 Å². The molecular weight excluding hydrogens is 265 g/mol. The van der Waals surface area contributed by atoms with Gasteiger partial charge >= 0.3 is 0 Å². The minimum absolute atomic E-state index is 0.0480. The quantitative estimate of drug-likeness (QED) is 0.778. The number of hydrogen-bond acceptors (Lipinski definition) is 2. The van der Waals surface area contributed by atoms with Crippen LogP contribution in [-0.4, -0.2) is 16.2 Å². The summed E-state index contributed by atoms with van der Waals surface area (Å²) in [7, 11) is 0. The molecule has 0 aliphatic rings. The topological polar surface area (TPSA) is 29.3 Å². The molecule has 0 fully saturated rings. The van der Waals surface area contributed by atoms with Gasteiger partial charge in [-0.05, 0) is 36.7 Å². The lowest BCUT2D eigenvalue weighted by Crippen LogP contribution is -2.23. The first kappa shape index (κ1) is 13.8. The van der Waals surface area contributed by atoms with E-state index in [-0.39, 0.29) is 11.9 Å². The molecule has 0 aliphatic carbocycles. The molecule has 0 radical (unpaired) electrons. The third-order valence-corrected chi connectivity index (χ3v) is 3.66. The molecular formula is C17H18FN3. The van der Waals surface area contributed by atoms with E-state index in [9.17, 15) is 4.39 Å². The number of nitrogens with zero attached hydrogens (tertiary/aromatic N) is 2. The molecule has 3 nitrogen and oxygen atoms in total. The van der Waals surface area contributed by atoms with Crippen LogP contribution in [0.5, 0.6) is 0 Å². The SMILES string of the molecule is CCNC(Cc1ccccc1F)c1cnn2ccccc12. The van der Waals surface area contributed by atoms with Gasteiger partial charge in [-0.15, -0.1) is 0 Å². The lowest BCUT2D eigenvalue weighted by atomic mass is 9.99. The summed E-state index contributed by atoms with van der Waals surface area (Å²) in [5.74, 6) is -0.156. The third kappa shape index (κ3) is 2.81. The molecule has 0 spiro atoms. The second-order valence-corrected chi connectivity index (χ2v) is 5.04. The number of benzene rings is 1. The summed E-state index contributed by atoms with van der Waals surface area (Å²) in [6.45, 7) is 2.88. The van der Waals surface area contributed by atoms with Gasteiger partial charge in [0.2, 0.25) is 0 Å². The Labute approximate surface area is 123 Å². The molecule has 3 aromatic rings. The molecule has 0 aliphatic heterocycles. The van der Waals surface area contributed by atoms with Gasteiger partial charge in [-0.25, -0.2) is 8.91 Å². The zero-order valence-electron chi connectivity index (χ0n) is 12.0. The van der Waals surface area contributed by atoms with Crippen molar-refractivity contribution in [3.63, 3.8) is 0 Å². The molecule has 1 N–H and O–H groups in total. The van der Waals surface area contributed by atoms with Crippen LogP contribution in [0.2, 0.25) is 0 Å². The van der Waals surface area contributed by atoms with Gasteiger partial charge in [-0.2, -0.15) is 5.10 Å². The summed E-state index contributed by atoms with van der Waals surface area (Å²) in [6, 6.07) is 13.0. The molecule has 4 heteroatoms. The highest BCUT2D eigenvalue weighted by Gasteiger charge is 2.17. The average Bonchev–Trinajstić information content (AvgIpc) is 2.93. The minimum Gasteiger partial charge on any atom is -0.310 e. The molecule has 0 bridgehead atoms. The summed E-state index contributed by atoms with van der Waals surface area (Å²) in [5.41, 5.74) is 2.87. The molecule has 1 atom stereocenters. The molecule has 0 saturated carbocycles. The second-order valence-electron chi connectivity index (χ2n) is 5.04. The number of halogens is 1. The Balaban J connectivity index is 1.96. The van der Waals surface area contributed by atoms with E-state index in [2.05, 4.69) is 17.3 Å². The Bertz CT molecular complexity index is 735. The van der Waals surface area contributed by atoms with Gasteiger partial charge < -0.3 is 5.32 Å². The lowest BCUT2D eigenvalue weighted by Gasteiger charge is -2.17. The number of fused-ring (bicyclic) bond motifs is 1. The van der Waals surface area contributed by atoms with Crippen LogP contribution >= 0.6 is 0 Å². The summed E-state index contributed by atoms with van der Waals surface area (Å²) < 4.78 is 15.7. The van der Waals surface area contributed by atoms with Crippen LogP contribution in [0.15, 0.2) is 54.9 Å². The van der Waals surface area contributed by atoms with Gasteiger partial charge in [0, 0.05) is 17.8 Å². The highest BCUT2D eigenvalue weighted by molar-refractivity contribution is 5.55. The van der Waals surface area contributed by atoms with E-state index in [0.29, 0.717) is 6.42 Å². The smallest absolute Gasteiger partial charge is 0.126 e. The summed E-state index contributed by atoms with van der Waals surface area (Å²) in [6.07, 6.45) is 4.39. The predicted molar refractivity (Wildman–Crippen MR) is 81.7 cm³/mol. The van der Waals surface area contributed by atoms with E-state index in [1.807, 2.05) is 47.2 Å². The summed E-state index contributed by atoms with van der Waals surface area (Å²) in [5, 5.41) is 7.80. The fourth-order valence-corrected chi connectivity index (χ4v) is 2.65. The molecule has 2 heterocycles. The Morgan fingerprint density at radius 3 is 2.81 bits per heavy atom. The van der Waals surface area contributed by atoms with Gasteiger partial charge in [0.15, 0.2) is 0 Å². The van der Waals surface area contributed by atoms with Crippen molar-refractivity contribution in [3.8, 4) is 0 Å². The fraction of sp³-hybridized carbons (Fsp3) is 0.235. The maximum absolute atomic E-state index is 13.9. The monoisotopic (exact) mass is 283 g/mol. The first-order valence-corrected chi connectivity index (χ1v) is 7.18. The van der Waals surface area contributed by atoms with Crippen molar-refractivity contribution < 1.29 is 4.39 Å². The van der Waals surface area contributed by atoms with Crippen molar-refractivity contribution in [1.29, 1.82) is 0 Å². The molecule has 2 aromatic heterocycles. The van der Waals surface area contributed by atoms with E-state index in [1.165, 1.54) is 6.07 Å². The number of likely N-dealkylation sites (N-methyl/N-ethyl adjacent to an activating group) is 1. The highest BCUT2D eigenvalue weighted by atomic mass is 19.1. The molecule has 0 amide bonds. The number of aromatic nitrogens is 2. The van der Waals surface area contributed by atoms with E-state index in [4.69, 9.17) is 0 Å². The van der Waals surface area contributed by atoms with E-state index in [0.717, 1.165) is 23.2 Å². The molecule has 1 unspecified atom stereocenters. The molecule has 1 aromatic carbocycles. The second kappa shape index (κ2) is 6.06. The Morgan fingerprint density at radius 2 is 2.00 bits per heavy atom. The Hall–Kier alpha value is -2.20. The third-order valence-electron chi connectivity index (χ3n) is 3.66. The first-order chi connectivity index (χ1) is 10.3. The molecule has 108 valence electrons. The highest BCUT2D eigenvalue weighted by Crippen LogP contribution is 2.23. The molecule has 21 heavy (non-hydrogen) atoms. The number of nitrogens with one attached hydrogen (secondary N) is 1. The normalized spacial score (nSPS) is 12.7. The summed E-state index contributed by atoms with van der Waals surface area (Å²) >= 11 is 0. The van der Waals surface area contributed by atoms with Crippen LogP contribution in [0.1, 0.15) is 24.1 Å². The lowest BCUT2D eigenvalue weighted by molar-refractivity contribution is 0.530. The van der Waals surface area contributed by atoms with Gasteiger partial charge in [0.1, 0.15) is 5.82 Å². The zero-order valence-corrected chi connectivity index (χ0v) is 12.0. The van der Waals surface area contributed by atoms with Crippen LogP contribution in [0.4, 0.5) is 4.39 Å². The predicted octanol–water partition coefficient (Wildman–Crippen LogP) is 3.37. The first-order valence-electron chi connectivity index (χ1n) is 7.18. The van der Waals surface area contributed by atoms with E-state index < -0.39 is 0 Å². The van der Waals surface area contributed by atoms with Crippen molar-refractivity contribution in [2.24, 2.45) is 0 Å². The van der Waals surface area contributed by atoms with Crippen molar-refractivity contribution in [2.45, 2.75) is 19.4 Å². The maximum atomic E-state index is 13.9. The standard InChI is InChI=1S/C17H18FN3/c1-2-19-16(11-13-7-3-4-8-15(13)18)14-12-20-21-10-6-5-9-17(14)21/h3-10,12,16,19H,2,11H2,1H3. The zero-order chi connectivity index (χ0) is 14.7. The number of rotatable bonds is 5. The van der Waals surface area contributed by atoms with Crippen LogP contribution in [0, 0.1) is 5.82 Å².